The number of pyridine rings is 2. The number of H-pyrrole nitrogens is 2. The van der Waals surface area contributed by atoms with Gasteiger partial charge in [-0.1, -0.05) is 13.0 Å². The van der Waals surface area contributed by atoms with Gasteiger partial charge >= 0.3 is 0 Å². The third kappa shape index (κ3) is 3.72. The number of aromatic nitrogens is 6. The Labute approximate surface area is 205 Å². The van der Waals surface area contributed by atoms with Crippen molar-refractivity contribution in [3.8, 4) is 33.1 Å². The van der Waals surface area contributed by atoms with Gasteiger partial charge in [-0.05, 0) is 54.8 Å². The summed E-state index contributed by atoms with van der Waals surface area (Å²) >= 11 is 1.49. The molecule has 0 aliphatic carbocycles. The lowest BCUT2D eigenvalue weighted by molar-refractivity contribution is 0.0985. The summed E-state index contributed by atoms with van der Waals surface area (Å²) in [6, 6.07) is 12.1. The summed E-state index contributed by atoms with van der Waals surface area (Å²) in [5.74, 6) is 0.841. The van der Waals surface area contributed by atoms with E-state index in [-0.39, 0.29) is 5.78 Å². The van der Waals surface area contributed by atoms with Crippen LogP contribution in [-0.2, 0) is 0 Å². The smallest absolute Gasteiger partial charge is 0.172 e. The van der Waals surface area contributed by atoms with Gasteiger partial charge in [-0.2, -0.15) is 5.10 Å². The number of benzene rings is 1. The fourth-order valence-corrected chi connectivity index (χ4v) is 5.32. The number of aromatic amines is 2. The van der Waals surface area contributed by atoms with Gasteiger partial charge in [0.15, 0.2) is 11.6 Å². The van der Waals surface area contributed by atoms with Crippen molar-refractivity contribution >= 4 is 39.1 Å². The lowest BCUT2D eigenvalue weighted by Gasteiger charge is -2.05. The molecule has 6 aromatic rings. The molecule has 2 N–H and O–H groups in total. The van der Waals surface area contributed by atoms with Crippen LogP contribution in [0.3, 0.4) is 0 Å². The summed E-state index contributed by atoms with van der Waals surface area (Å²) < 4.78 is 0. The Morgan fingerprint density at radius 1 is 1.00 bits per heavy atom. The number of hydrogen-bond acceptors (Lipinski definition) is 6. The van der Waals surface area contributed by atoms with Crippen LogP contribution in [0.4, 0.5) is 0 Å². The lowest BCUT2D eigenvalue weighted by atomic mass is 10.0. The molecule has 35 heavy (non-hydrogen) atoms. The van der Waals surface area contributed by atoms with Gasteiger partial charge in [0.25, 0.3) is 0 Å². The molecule has 0 atom stereocenters. The van der Waals surface area contributed by atoms with E-state index >= 15 is 0 Å². The number of imidazole rings is 1. The molecule has 0 saturated carbocycles. The van der Waals surface area contributed by atoms with Crippen molar-refractivity contribution in [1.82, 2.24) is 30.1 Å². The SMILES string of the molecule is CCCC(=O)c1ccc(-c2cncc3[nH]c(-c4n[nH]c5ccc(-c6cnccc6C)cc45)nc23)s1. The summed E-state index contributed by atoms with van der Waals surface area (Å²) in [5.41, 5.74) is 7.53. The first-order valence-corrected chi connectivity index (χ1v) is 12.3. The Hall–Kier alpha value is -4.17. The Balaban J connectivity index is 1.44. The predicted molar refractivity (Wildman–Crippen MR) is 139 cm³/mol. The lowest BCUT2D eigenvalue weighted by Crippen LogP contribution is -1.93. The third-order valence-corrected chi connectivity index (χ3v) is 7.31. The van der Waals surface area contributed by atoms with Gasteiger partial charge in [-0.25, -0.2) is 4.98 Å². The molecule has 0 fully saturated rings. The van der Waals surface area contributed by atoms with E-state index in [0.29, 0.717) is 12.2 Å². The maximum Gasteiger partial charge on any atom is 0.172 e. The second kappa shape index (κ2) is 8.56. The molecule has 0 radical (unpaired) electrons. The van der Waals surface area contributed by atoms with Gasteiger partial charge in [0.1, 0.15) is 11.2 Å². The number of thiophene rings is 1. The first-order chi connectivity index (χ1) is 17.1. The molecule has 6 rings (SSSR count). The Bertz CT molecular complexity index is 1710. The molecule has 1 aromatic carbocycles. The molecule has 0 aliphatic rings. The van der Waals surface area contributed by atoms with E-state index in [0.717, 1.165) is 66.1 Å². The van der Waals surface area contributed by atoms with E-state index in [1.165, 1.54) is 11.3 Å². The number of rotatable bonds is 6. The van der Waals surface area contributed by atoms with Crippen LogP contribution in [0.1, 0.15) is 35.0 Å². The Kier molecular flexibility index (Phi) is 5.22. The molecule has 8 heteroatoms. The molecule has 5 heterocycles. The fourth-order valence-electron chi connectivity index (χ4n) is 4.34. The summed E-state index contributed by atoms with van der Waals surface area (Å²) in [7, 11) is 0. The molecule has 0 unspecified atom stereocenters. The summed E-state index contributed by atoms with van der Waals surface area (Å²) in [6.45, 7) is 4.10. The van der Waals surface area contributed by atoms with Crippen molar-refractivity contribution in [3.63, 3.8) is 0 Å². The summed E-state index contributed by atoms with van der Waals surface area (Å²) in [4.78, 5) is 31.1. The highest BCUT2D eigenvalue weighted by molar-refractivity contribution is 7.17. The number of ketones is 1. The van der Waals surface area contributed by atoms with Crippen molar-refractivity contribution in [2.24, 2.45) is 0 Å². The molecule has 0 spiro atoms. The first kappa shape index (κ1) is 21.4. The van der Waals surface area contributed by atoms with Gasteiger partial charge in [0.05, 0.1) is 22.1 Å². The Morgan fingerprint density at radius 2 is 1.89 bits per heavy atom. The van der Waals surface area contributed by atoms with Crippen molar-refractivity contribution in [2.45, 2.75) is 26.7 Å². The highest BCUT2D eigenvalue weighted by Gasteiger charge is 2.18. The van der Waals surface area contributed by atoms with Crippen LogP contribution in [0.25, 0.3) is 55.0 Å². The minimum Gasteiger partial charge on any atom is -0.335 e. The largest absolute Gasteiger partial charge is 0.335 e. The minimum atomic E-state index is 0.175. The molecule has 7 nitrogen and oxygen atoms in total. The van der Waals surface area contributed by atoms with Crippen molar-refractivity contribution < 1.29 is 4.79 Å². The second-order valence-corrected chi connectivity index (χ2v) is 9.61. The number of aryl methyl sites for hydroxylation is 1. The molecule has 0 bridgehead atoms. The van der Waals surface area contributed by atoms with Gasteiger partial charge in [0, 0.05) is 46.4 Å². The van der Waals surface area contributed by atoms with E-state index in [1.54, 1.807) is 18.6 Å². The number of carbonyl (C=O) groups excluding carboxylic acids is 1. The Morgan fingerprint density at radius 3 is 2.74 bits per heavy atom. The standard InChI is InChI=1S/C27H22N6OS/c1-3-4-22(34)24-8-7-23(35-24)19-13-29-14-21-25(19)31-27(30-21)26-17-11-16(5-6-20(17)32-33-26)18-12-28-10-9-15(18)2/h5-14H,3-4H2,1-2H3,(H,30,31)(H,32,33). The topological polar surface area (TPSA) is 100 Å². The quantitative estimate of drug-likeness (QED) is 0.263. The number of nitrogens with zero attached hydrogens (tertiary/aromatic N) is 4. The zero-order valence-corrected chi connectivity index (χ0v) is 20.1. The van der Waals surface area contributed by atoms with Gasteiger partial charge in [-0.15, -0.1) is 11.3 Å². The molecular weight excluding hydrogens is 456 g/mol. The van der Waals surface area contributed by atoms with Crippen molar-refractivity contribution in [3.05, 3.63) is 71.6 Å². The number of carbonyl (C=O) groups is 1. The normalized spacial score (nSPS) is 11.5. The van der Waals surface area contributed by atoms with Crippen LogP contribution >= 0.6 is 11.3 Å². The van der Waals surface area contributed by atoms with Crippen LogP contribution in [0.2, 0.25) is 0 Å². The molecule has 0 aliphatic heterocycles. The maximum absolute atomic E-state index is 12.3. The zero-order valence-electron chi connectivity index (χ0n) is 19.3. The van der Waals surface area contributed by atoms with E-state index in [4.69, 9.17) is 4.98 Å². The van der Waals surface area contributed by atoms with Gasteiger partial charge < -0.3 is 4.98 Å². The number of Topliss-reactive ketones (excluding diaryl/α,β-unsaturated/α-hetero) is 1. The summed E-state index contributed by atoms with van der Waals surface area (Å²) in [6.07, 6.45) is 8.66. The highest BCUT2D eigenvalue weighted by atomic mass is 32.1. The van der Waals surface area contributed by atoms with Crippen LogP contribution in [0.5, 0.6) is 0 Å². The van der Waals surface area contributed by atoms with E-state index in [1.807, 2.05) is 37.4 Å². The molecule has 172 valence electrons. The van der Waals surface area contributed by atoms with Crippen LogP contribution < -0.4 is 0 Å². The number of nitrogens with one attached hydrogen (secondary N) is 2. The van der Waals surface area contributed by atoms with Crippen LogP contribution in [-0.4, -0.2) is 35.9 Å². The van der Waals surface area contributed by atoms with Crippen LogP contribution in [0, 0.1) is 6.92 Å². The van der Waals surface area contributed by atoms with Gasteiger partial charge in [0.2, 0.25) is 0 Å². The molecule has 0 amide bonds. The van der Waals surface area contributed by atoms with E-state index in [2.05, 4.69) is 44.2 Å². The maximum atomic E-state index is 12.3. The number of hydrogen-bond donors (Lipinski definition) is 2. The predicted octanol–water partition coefficient (Wildman–Crippen LogP) is 6.58. The molecule has 0 saturated heterocycles. The second-order valence-electron chi connectivity index (χ2n) is 8.53. The summed E-state index contributed by atoms with van der Waals surface area (Å²) in [5, 5.41) is 8.67. The van der Waals surface area contributed by atoms with Crippen molar-refractivity contribution in [1.29, 1.82) is 0 Å². The van der Waals surface area contributed by atoms with Crippen molar-refractivity contribution in [2.75, 3.05) is 0 Å². The average Bonchev–Trinajstić information content (AvgIpc) is 3.61. The highest BCUT2D eigenvalue weighted by Crippen LogP contribution is 2.35. The van der Waals surface area contributed by atoms with E-state index < -0.39 is 0 Å². The molecular formula is C27H22N6OS. The zero-order chi connectivity index (χ0) is 23.9. The molecule has 5 aromatic heterocycles. The minimum absolute atomic E-state index is 0.175. The van der Waals surface area contributed by atoms with Gasteiger partial charge in [-0.3, -0.25) is 19.9 Å². The fraction of sp³-hybridized carbons (Fsp3) is 0.148. The monoisotopic (exact) mass is 478 g/mol. The van der Waals surface area contributed by atoms with E-state index in [9.17, 15) is 4.79 Å². The first-order valence-electron chi connectivity index (χ1n) is 11.5. The third-order valence-electron chi connectivity index (χ3n) is 6.15. The number of fused-ring (bicyclic) bond motifs is 2. The average molecular weight is 479 g/mol. The van der Waals surface area contributed by atoms with Crippen LogP contribution in [0.15, 0.2) is 61.2 Å².